The van der Waals surface area contributed by atoms with Crippen molar-refractivity contribution in [2.24, 2.45) is 0 Å². The lowest BCUT2D eigenvalue weighted by atomic mass is 10.2. The summed E-state index contributed by atoms with van der Waals surface area (Å²) in [5.41, 5.74) is 0.756. The van der Waals surface area contributed by atoms with Crippen LogP contribution in [0.3, 0.4) is 0 Å². The number of hydrogen-bond acceptors (Lipinski definition) is 5. The predicted molar refractivity (Wildman–Crippen MR) is 77.9 cm³/mol. The summed E-state index contributed by atoms with van der Waals surface area (Å²) >= 11 is 0. The van der Waals surface area contributed by atoms with Crippen molar-refractivity contribution in [2.75, 3.05) is 26.7 Å². The summed E-state index contributed by atoms with van der Waals surface area (Å²) in [4.78, 5) is 6.58. The Labute approximate surface area is 122 Å². The van der Waals surface area contributed by atoms with Crippen molar-refractivity contribution in [1.29, 1.82) is 0 Å². The smallest absolute Gasteiger partial charge is 0.250 e. The van der Waals surface area contributed by atoms with Crippen molar-refractivity contribution >= 4 is 12.2 Å². The van der Waals surface area contributed by atoms with Gasteiger partial charge in [0.05, 0.1) is 6.04 Å². The van der Waals surface area contributed by atoms with E-state index in [0.29, 0.717) is 11.7 Å². The van der Waals surface area contributed by atoms with Gasteiger partial charge in [-0.25, -0.2) is 4.39 Å². The Hall–Kier alpha value is -2.05. The van der Waals surface area contributed by atoms with Gasteiger partial charge >= 0.3 is 0 Å². The third kappa shape index (κ3) is 3.34. The molecule has 3 rings (SSSR count). The van der Waals surface area contributed by atoms with Crippen LogP contribution in [0, 0.1) is 5.82 Å². The maximum absolute atomic E-state index is 13.1. The van der Waals surface area contributed by atoms with Crippen LogP contribution in [0.4, 0.5) is 4.39 Å². The maximum atomic E-state index is 13.1. The van der Waals surface area contributed by atoms with Crippen molar-refractivity contribution in [3.8, 4) is 0 Å². The Morgan fingerprint density at radius 1 is 1.43 bits per heavy atom. The largest absolute Gasteiger partial charge is 0.335 e. The van der Waals surface area contributed by atoms with Crippen LogP contribution in [0.1, 0.15) is 23.3 Å². The molecule has 5 nitrogen and oxygen atoms in total. The first-order valence-corrected chi connectivity index (χ1v) is 6.90. The second-order valence-electron chi connectivity index (χ2n) is 5.08. The summed E-state index contributed by atoms with van der Waals surface area (Å²) in [5, 5.41) is 7.34. The van der Waals surface area contributed by atoms with Gasteiger partial charge in [0, 0.05) is 25.7 Å². The van der Waals surface area contributed by atoms with Crippen molar-refractivity contribution < 1.29 is 8.91 Å². The highest BCUT2D eigenvalue weighted by atomic mass is 19.1. The minimum Gasteiger partial charge on any atom is -0.335 e. The Morgan fingerprint density at radius 2 is 2.33 bits per heavy atom. The molecule has 1 aromatic heterocycles. The minimum absolute atomic E-state index is 0.124. The first-order valence-electron chi connectivity index (χ1n) is 6.90. The summed E-state index contributed by atoms with van der Waals surface area (Å²) in [6.07, 6.45) is 3.45. The monoisotopic (exact) mass is 288 g/mol. The van der Waals surface area contributed by atoms with Crippen LogP contribution < -0.4 is 5.32 Å². The second kappa shape index (κ2) is 6.15. The first-order chi connectivity index (χ1) is 10.2. The molecule has 1 unspecified atom stereocenters. The minimum atomic E-state index is -0.265. The average Bonchev–Trinajstić information content (AvgIpc) is 2.94. The molecule has 2 heterocycles. The first kappa shape index (κ1) is 13.9. The van der Waals surface area contributed by atoms with Gasteiger partial charge in [0.25, 0.3) is 5.89 Å². The lowest BCUT2D eigenvalue weighted by Crippen LogP contribution is -2.44. The molecule has 1 fully saturated rings. The number of rotatable bonds is 3. The number of nitrogens with zero attached hydrogens (tertiary/aromatic N) is 3. The average molecular weight is 288 g/mol. The molecule has 0 saturated carbocycles. The van der Waals surface area contributed by atoms with Gasteiger partial charge in [-0.05, 0) is 30.8 Å². The quantitative estimate of drug-likeness (QED) is 0.935. The Morgan fingerprint density at radius 3 is 3.14 bits per heavy atom. The lowest BCUT2D eigenvalue weighted by molar-refractivity contribution is 0.190. The molecule has 1 aliphatic rings. The van der Waals surface area contributed by atoms with Gasteiger partial charge in [0.1, 0.15) is 5.82 Å². The number of halogens is 1. The summed E-state index contributed by atoms with van der Waals surface area (Å²) in [6.45, 7) is 2.73. The van der Waals surface area contributed by atoms with E-state index < -0.39 is 0 Å². The van der Waals surface area contributed by atoms with E-state index in [1.807, 2.05) is 13.1 Å². The number of nitrogens with one attached hydrogen (secondary N) is 1. The van der Waals surface area contributed by atoms with E-state index in [9.17, 15) is 4.39 Å². The van der Waals surface area contributed by atoms with Crippen LogP contribution in [-0.2, 0) is 0 Å². The van der Waals surface area contributed by atoms with Gasteiger partial charge < -0.3 is 9.84 Å². The standard InChI is InChI=1S/C15H17FN4O/c1-20-8-7-17-10-13(20)15-18-14(21-19-15)6-5-11-3-2-4-12(16)9-11/h2-6,9,13,17H,7-8,10H2,1H3/b6-5+. The third-order valence-electron chi connectivity index (χ3n) is 3.53. The van der Waals surface area contributed by atoms with E-state index in [4.69, 9.17) is 4.52 Å². The zero-order valence-corrected chi connectivity index (χ0v) is 11.8. The topological polar surface area (TPSA) is 54.2 Å². The van der Waals surface area contributed by atoms with Crippen molar-refractivity contribution in [3.63, 3.8) is 0 Å². The maximum Gasteiger partial charge on any atom is 0.250 e. The van der Waals surface area contributed by atoms with Gasteiger partial charge in [-0.1, -0.05) is 17.3 Å². The summed E-state index contributed by atoms with van der Waals surface area (Å²) in [5.74, 6) is 0.829. The van der Waals surface area contributed by atoms with Gasteiger partial charge in [-0.2, -0.15) is 4.98 Å². The van der Waals surface area contributed by atoms with Crippen LogP contribution in [0.25, 0.3) is 12.2 Å². The molecule has 110 valence electrons. The fraction of sp³-hybridized carbons (Fsp3) is 0.333. The van der Waals surface area contributed by atoms with Crippen LogP contribution in [0.5, 0.6) is 0 Å². The number of piperazine rings is 1. The molecule has 6 heteroatoms. The SMILES string of the molecule is CN1CCNCC1c1noc(/C=C/c2cccc(F)c2)n1. The zero-order valence-electron chi connectivity index (χ0n) is 11.8. The summed E-state index contributed by atoms with van der Waals surface area (Å²) in [7, 11) is 2.05. The molecular weight excluding hydrogens is 271 g/mol. The fourth-order valence-corrected chi connectivity index (χ4v) is 2.32. The van der Waals surface area contributed by atoms with E-state index in [-0.39, 0.29) is 11.9 Å². The molecule has 0 radical (unpaired) electrons. The highest BCUT2D eigenvalue weighted by molar-refractivity contribution is 5.65. The third-order valence-corrected chi connectivity index (χ3v) is 3.53. The fourth-order valence-electron chi connectivity index (χ4n) is 2.32. The molecule has 21 heavy (non-hydrogen) atoms. The summed E-state index contributed by atoms with van der Waals surface area (Å²) < 4.78 is 18.3. The second-order valence-corrected chi connectivity index (χ2v) is 5.08. The van der Waals surface area contributed by atoms with E-state index in [1.165, 1.54) is 12.1 Å². The van der Waals surface area contributed by atoms with Gasteiger partial charge in [-0.15, -0.1) is 0 Å². The number of hydrogen-bond donors (Lipinski definition) is 1. The Bertz CT molecular complexity index is 640. The van der Waals surface area contributed by atoms with Crippen LogP contribution in [0.15, 0.2) is 28.8 Å². The highest BCUT2D eigenvalue weighted by Crippen LogP contribution is 2.18. The Balaban J connectivity index is 1.73. The van der Waals surface area contributed by atoms with Crippen molar-refractivity contribution in [2.45, 2.75) is 6.04 Å². The zero-order chi connectivity index (χ0) is 14.7. The molecule has 0 bridgehead atoms. The number of benzene rings is 1. The van der Waals surface area contributed by atoms with Crippen LogP contribution in [-0.4, -0.2) is 41.7 Å². The number of aromatic nitrogens is 2. The normalized spacial score (nSPS) is 20.2. The van der Waals surface area contributed by atoms with E-state index in [2.05, 4.69) is 20.4 Å². The van der Waals surface area contributed by atoms with Gasteiger partial charge in [0.2, 0.25) is 0 Å². The predicted octanol–water partition coefficient (Wildman–Crippen LogP) is 1.96. The molecule has 1 saturated heterocycles. The molecular formula is C15H17FN4O. The van der Waals surface area contributed by atoms with E-state index in [0.717, 1.165) is 25.2 Å². The number of likely N-dealkylation sites (N-methyl/N-ethyl adjacent to an activating group) is 1. The summed E-state index contributed by atoms with van der Waals surface area (Å²) in [6, 6.07) is 6.46. The lowest BCUT2D eigenvalue weighted by Gasteiger charge is -2.30. The molecule has 1 atom stereocenters. The van der Waals surface area contributed by atoms with E-state index >= 15 is 0 Å². The highest BCUT2D eigenvalue weighted by Gasteiger charge is 2.24. The molecule has 2 aromatic rings. The molecule has 0 spiro atoms. The molecule has 0 aliphatic carbocycles. The van der Waals surface area contributed by atoms with Gasteiger partial charge in [0.15, 0.2) is 5.82 Å². The molecule has 1 aromatic carbocycles. The molecule has 0 amide bonds. The van der Waals surface area contributed by atoms with Crippen LogP contribution >= 0.6 is 0 Å². The molecule has 1 N–H and O–H groups in total. The Kier molecular flexibility index (Phi) is 4.08. The molecule has 1 aliphatic heterocycles. The van der Waals surface area contributed by atoms with Crippen molar-refractivity contribution in [1.82, 2.24) is 20.4 Å². The van der Waals surface area contributed by atoms with Crippen LogP contribution in [0.2, 0.25) is 0 Å². The van der Waals surface area contributed by atoms with Crippen molar-refractivity contribution in [3.05, 3.63) is 47.4 Å². The van der Waals surface area contributed by atoms with Gasteiger partial charge in [-0.3, -0.25) is 4.90 Å². The van der Waals surface area contributed by atoms with E-state index in [1.54, 1.807) is 18.2 Å².